The summed E-state index contributed by atoms with van der Waals surface area (Å²) in [5.41, 5.74) is -2.37. The third-order valence-corrected chi connectivity index (χ3v) is 9.32. The average Bonchev–Trinajstić information content (AvgIpc) is 3.02. The first kappa shape index (κ1) is 23.2. The van der Waals surface area contributed by atoms with Crippen LogP contribution in [0, 0.1) is 12.7 Å². The van der Waals surface area contributed by atoms with Gasteiger partial charge in [-0.05, 0) is 40.9 Å². The molecule has 31 heavy (non-hydrogen) atoms. The van der Waals surface area contributed by atoms with E-state index in [9.17, 15) is 31.4 Å². The van der Waals surface area contributed by atoms with Crippen molar-refractivity contribution in [3.8, 4) is 5.69 Å². The molecule has 0 radical (unpaired) electrons. The molecule has 1 aliphatic heterocycles. The maximum atomic E-state index is 14.6. The number of hydrogen-bond acceptors (Lipinski definition) is 6. The number of hydrogen-bond donors (Lipinski definition) is 1. The molecule has 9 nitrogen and oxygen atoms in total. The number of carbonyl (C=O) groups is 1. The van der Waals surface area contributed by atoms with Crippen molar-refractivity contribution < 1.29 is 21.8 Å². The van der Waals surface area contributed by atoms with Gasteiger partial charge in [-0.15, -0.1) is 0 Å². The Morgan fingerprint density at radius 3 is 2.55 bits per heavy atom. The van der Waals surface area contributed by atoms with Crippen molar-refractivity contribution in [1.29, 1.82) is 0 Å². The van der Waals surface area contributed by atoms with Crippen LogP contribution in [-0.2, 0) is 26.6 Å². The second-order valence-corrected chi connectivity index (χ2v) is 12.3. The van der Waals surface area contributed by atoms with E-state index < -0.39 is 64.0 Å². The molecule has 1 aromatic heterocycles. The lowest BCUT2D eigenvalue weighted by Gasteiger charge is -2.15. The summed E-state index contributed by atoms with van der Waals surface area (Å²) in [6, 6.07) is 2.65. The second-order valence-electron chi connectivity index (χ2n) is 7.31. The number of nitrogens with zero attached hydrogens (tertiary/aromatic N) is 2. The quantitative estimate of drug-likeness (QED) is 0.609. The molecule has 2 aromatic rings. The molecule has 2 heterocycles. The predicted molar refractivity (Wildman–Crippen MR) is 117 cm³/mol. The summed E-state index contributed by atoms with van der Waals surface area (Å²) in [7, 11) is -5.37. The molecule has 1 amide bonds. The standard InChI is InChI=1S/C18H19ClFN3O6S2/c1-10-6-16(24)23(18(26)22(10)2)15-7-12(13(19)8-14(15)20)17(25)21-31(28,29)11-4-5-30(3,27)9-11/h6-8,11H,3-5,9H2,1-2H3,(H,21,25). The molecule has 3 rings (SSSR count). The molecule has 1 aliphatic rings. The molecule has 2 atom stereocenters. The number of rotatable bonds is 4. The number of sulfonamides is 1. The largest absolute Gasteiger partial charge is 0.335 e. The summed E-state index contributed by atoms with van der Waals surface area (Å²) in [4.78, 5) is 37.4. The van der Waals surface area contributed by atoms with E-state index in [1.54, 1.807) is 0 Å². The van der Waals surface area contributed by atoms with Gasteiger partial charge in [0.05, 0.1) is 21.5 Å². The van der Waals surface area contributed by atoms with Crippen LogP contribution in [0.1, 0.15) is 22.5 Å². The Bertz CT molecular complexity index is 1430. The second kappa shape index (κ2) is 7.92. The van der Waals surface area contributed by atoms with E-state index in [4.69, 9.17) is 11.6 Å². The summed E-state index contributed by atoms with van der Waals surface area (Å²) in [6.45, 7) is 1.52. The first-order valence-electron chi connectivity index (χ1n) is 8.91. The van der Waals surface area contributed by atoms with Gasteiger partial charge in [0.2, 0.25) is 10.0 Å². The average molecular weight is 492 g/mol. The molecule has 1 N–H and O–H groups in total. The Kier molecular flexibility index (Phi) is 5.93. The third kappa shape index (κ3) is 4.46. The number of halogens is 2. The third-order valence-electron chi connectivity index (χ3n) is 5.06. The van der Waals surface area contributed by atoms with E-state index in [2.05, 4.69) is 5.87 Å². The highest BCUT2D eigenvalue weighted by Crippen LogP contribution is 2.24. The van der Waals surface area contributed by atoms with Crippen molar-refractivity contribution in [2.75, 3.05) is 11.5 Å². The van der Waals surface area contributed by atoms with E-state index in [1.807, 2.05) is 4.72 Å². The number of aromatic nitrogens is 2. The molecule has 0 saturated carbocycles. The molecule has 0 spiro atoms. The number of aryl methyl sites for hydroxylation is 1. The molecule has 0 bridgehead atoms. The maximum absolute atomic E-state index is 14.6. The number of benzene rings is 1. The SMILES string of the molecule is C=S1(=O)CCC(S(=O)(=O)NC(=O)c2cc(-n3c(=O)cc(C)n(C)c3=O)c(F)cc2Cl)C1. The molecule has 1 fully saturated rings. The Balaban J connectivity index is 2.05. The summed E-state index contributed by atoms with van der Waals surface area (Å²) in [6.07, 6.45) is 0.0716. The van der Waals surface area contributed by atoms with Crippen molar-refractivity contribution >= 4 is 42.9 Å². The maximum Gasteiger partial charge on any atom is 0.335 e. The fraction of sp³-hybridized carbons (Fsp3) is 0.333. The minimum absolute atomic E-state index is 0.0716. The van der Waals surface area contributed by atoms with Crippen LogP contribution in [-0.4, -0.2) is 50.3 Å². The normalized spacial score (nSPS) is 21.2. The Labute approximate surface area is 182 Å². The molecule has 2 unspecified atom stereocenters. The van der Waals surface area contributed by atoms with Crippen LogP contribution >= 0.6 is 11.6 Å². The topological polar surface area (TPSA) is 124 Å². The highest BCUT2D eigenvalue weighted by atomic mass is 35.5. The van der Waals surface area contributed by atoms with Gasteiger partial charge in [-0.1, -0.05) is 11.6 Å². The van der Waals surface area contributed by atoms with Gasteiger partial charge in [-0.3, -0.25) is 13.8 Å². The number of amides is 1. The summed E-state index contributed by atoms with van der Waals surface area (Å²) >= 11 is 5.93. The monoisotopic (exact) mass is 491 g/mol. The van der Waals surface area contributed by atoms with Crippen LogP contribution in [0.4, 0.5) is 4.39 Å². The van der Waals surface area contributed by atoms with E-state index >= 15 is 0 Å². The highest BCUT2D eigenvalue weighted by molar-refractivity contribution is 8.02. The predicted octanol–water partition coefficient (Wildman–Crippen LogP) is 0.185. The van der Waals surface area contributed by atoms with E-state index in [-0.39, 0.29) is 17.9 Å². The van der Waals surface area contributed by atoms with Crippen LogP contribution < -0.4 is 16.0 Å². The van der Waals surface area contributed by atoms with Crippen LogP contribution in [0.3, 0.4) is 0 Å². The van der Waals surface area contributed by atoms with E-state index in [0.717, 1.165) is 16.7 Å². The van der Waals surface area contributed by atoms with Gasteiger partial charge in [-0.25, -0.2) is 26.9 Å². The van der Waals surface area contributed by atoms with Crippen molar-refractivity contribution in [1.82, 2.24) is 13.9 Å². The van der Waals surface area contributed by atoms with Gasteiger partial charge in [-0.2, -0.15) is 0 Å². The molecule has 1 aromatic carbocycles. The zero-order chi connectivity index (χ0) is 23.3. The first-order valence-corrected chi connectivity index (χ1v) is 12.9. The summed E-state index contributed by atoms with van der Waals surface area (Å²) < 4.78 is 55.0. The minimum Gasteiger partial charge on any atom is -0.301 e. The lowest BCUT2D eigenvalue weighted by atomic mass is 10.1. The summed E-state index contributed by atoms with van der Waals surface area (Å²) in [5.74, 6) is 1.19. The highest BCUT2D eigenvalue weighted by Gasteiger charge is 2.35. The van der Waals surface area contributed by atoms with Crippen molar-refractivity contribution in [3.63, 3.8) is 0 Å². The van der Waals surface area contributed by atoms with Gasteiger partial charge < -0.3 is 4.57 Å². The molecular formula is C18H19ClFN3O6S2. The van der Waals surface area contributed by atoms with Crippen molar-refractivity contribution in [3.05, 3.63) is 61.1 Å². The molecular weight excluding hydrogens is 473 g/mol. The minimum atomic E-state index is -4.22. The fourth-order valence-corrected chi connectivity index (χ4v) is 7.74. The van der Waals surface area contributed by atoms with Crippen LogP contribution in [0.2, 0.25) is 5.02 Å². The van der Waals surface area contributed by atoms with Gasteiger partial charge in [0.1, 0.15) is 5.82 Å². The smallest absolute Gasteiger partial charge is 0.301 e. The van der Waals surface area contributed by atoms with E-state index in [0.29, 0.717) is 16.3 Å². The molecule has 0 aliphatic carbocycles. The van der Waals surface area contributed by atoms with Crippen LogP contribution in [0.15, 0.2) is 27.8 Å². The van der Waals surface area contributed by atoms with Crippen LogP contribution in [0.5, 0.6) is 0 Å². The zero-order valence-electron chi connectivity index (χ0n) is 16.6. The fourth-order valence-electron chi connectivity index (χ4n) is 3.20. The van der Waals surface area contributed by atoms with Gasteiger partial charge in [0.15, 0.2) is 0 Å². The van der Waals surface area contributed by atoms with Crippen molar-refractivity contribution in [2.45, 2.75) is 18.6 Å². The van der Waals surface area contributed by atoms with Gasteiger partial charge in [0, 0.05) is 30.3 Å². The Morgan fingerprint density at radius 2 is 1.97 bits per heavy atom. The van der Waals surface area contributed by atoms with Crippen molar-refractivity contribution in [2.24, 2.45) is 7.05 Å². The molecule has 1 saturated heterocycles. The first-order chi connectivity index (χ1) is 14.2. The summed E-state index contributed by atoms with van der Waals surface area (Å²) in [5, 5.41) is -1.49. The lowest BCUT2D eigenvalue weighted by Crippen LogP contribution is -2.40. The lowest BCUT2D eigenvalue weighted by molar-refractivity contribution is 0.0981. The van der Waals surface area contributed by atoms with E-state index in [1.165, 1.54) is 14.0 Å². The molecule has 168 valence electrons. The Morgan fingerprint density at radius 1 is 1.32 bits per heavy atom. The molecule has 13 heteroatoms. The zero-order valence-corrected chi connectivity index (χ0v) is 18.9. The van der Waals surface area contributed by atoms with Crippen LogP contribution in [0.25, 0.3) is 5.69 Å². The number of nitrogens with one attached hydrogen (secondary N) is 1. The van der Waals surface area contributed by atoms with Gasteiger partial charge in [0.25, 0.3) is 11.5 Å². The Hall–Kier alpha value is -2.44. The van der Waals surface area contributed by atoms with Gasteiger partial charge >= 0.3 is 5.69 Å². The number of carbonyl (C=O) groups excluding carboxylic acids is 1.